The predicted octanol–water partition coefficient (Wildman–Crippen LogP) is 3.22. The SMILES string of the molecule is CCOC(=O)/C=C(\C)N[C@H]1C(=O)N(c2ccc(OC)cc2)[C@H]1c1ccc(OC)cc1. The lowest BCUT2D eigenvalue weighted by atomic mass is 9.87. The highest BCUT2D eigenvalue weighted by Crippen LogP contribution is 2.40. The fourth-order valence-electron chi connectivity index (χ4n) is 3.45. The standard InChI is InChI=1S/C23H26N2O5/c1-5-30-20(26)14-15(2)24-21-22(16-6-10-18(28-3)11-7-16)25(23(21)27)17-8-12-19(29-4)13-9-17/h6-14,21-22,24H,5H2,1-4H3/b15-14+/t21-,22+/m1/s1. The average Bonchev–Trinajstić information content (AvgIpc) is 2.76. The van der Waals surface area contributed by atoms with Crippen LogP contribution in [0.25, 0.3) is 0 Å². The van der Waals surface area contributed by atoms with E-state index in [-0.39, 0.29) is 11.9 Å². The molecule has 158 valence electrons. The molecule has 0 saturated carbocycles. The summed E-state index contributed by atoms with van der Waals surface area (Å²) in [5.74, 6) is 0.929. The molecule has 1 N–H and O–H groups in total. The normalized spacial score (nSPS) is 18.5. The molecule has 1 amide bonds. The maximum atomic E-state index is 13.0. The summed E-state index contributed by atoms with van der Waals surface area (Å²) in [4.78, 5) is 26.5. The molecular weight excluding hydrogens is 384 g/mol. The fraction of sp³-hybridized carbons (Fsp3) is 0.304. The van der Waals surface area contributed by atoms with Crippen LogP contribution in [-0.4, -0.2) is 38.7 Å². The molecule has 7 heteroatoms. The zero-order valence-electron chi connectivity index (χ0n) is 17.5. The van der Waals surface area contributed by atoms with Crippen LogP contribution in [0.5, 0.6) is 11.5 Å². The maximum Gasteiger partial charge on any atom is 0.332 e. The zero-order chi connectivity index (χ0) is 21.7. The van der Waals surface area contributed by atoms with Crippen LogP contribution in [0.3, 0.4) is 0 Å². The van der Waals surface area contributed by atoms with Crippen LogP contribution in [-0.2, 0) is 14.3 Å². The summed E-state index contributed by atoms with van der Waals surface area (Å²) in [6.07, 6.45) is 1.36. The van der Waals surface area contributed by atoms with Gasteiger partial charge < -0.3 is 24.4 Å². The third-order valence-corrected chi connectivity index (χ3v) is 4.91. The highest BCUT2D eigenvalue weighted by molar-refractivity contribution is 6.06. The van der Waals surface area contributed by atoms with Gasteiger partial charge in [-0.05, 0) is 55.8 Å². The van der Waals surface area contributed by atoms with Crippen LogP contribution in [0.2, 0.25) is 0 Å². The van der Waals surface area contributed by atoms with Gasteiger partial charge in [-0.3, -0.25) is 4.79 Å². The minimum absolute atomic E-state index is 0.0856. The van der Waals surface area contributed by atoms with E-state index in [0.717, 1.165) is 22.7 Å². The van der Waals surface area contributed by atoms with E-state index >= 15 is 0 Å². The molecule has 1 fully saturated rings. The molecule has 0 aromatic heterocycles. The van der Waals surface area contributed by atoms with E-state index in [2.05, 4.69) is 5.32 Å². The molecule has 1 saturated heterocycles. The second-order valence-corrected chi connectivity index (χ2v) is 6.83. The summed E-state index contributed by atoms with van der Waals surface area (Å²) < 4.78 is 15.4. The van der Waals surface area contributed by atoms with Gasteiger partial charge in [0, 0.05) is 17.5 Å². The van der Waals surface area contributed by atoms with Gasteiger partial charge in [0.2, 0.25) is 0 Å². The van der Waals surface area contributed by atoms with Crippen molar-refractivity contribution in [3.05, 3.63) is 65.9 Å². The van der Waals surface area contributed by atoms with Crippen molar-refractivity contribution >= 4 is 17.6 Å². The highest BCUT2D eigenvalue weighted by Gasteiger charge is 2.49. The van der Waals surface area contributed by atoms with Crippen molar-refractivity contribution in [1.82, 2.24) is 5.32 Å². The number of rotatable bonds is 8. The van der Waals surface area contributed by atoms with E-state index in [0.29, 0.717) is 12.3 Å². The van der Waals surface area contributed by atoms with Crippen molar-refractivity contribution in [2.24, 2.45) is 0 Å². The molecule has 3 rings (SSSR count). The Morgan fingerprint density at radius 1 is 1.03 bits per heavy atom. The van der Waals surface area contributed by atoms with Gasteiger partial charge in [0.1, 0.15) is 17.5 Å². The lowest BCUT2D eigenvalue weighted by Gasteiger charge is -2.48. The highest BCUT2D eigenvalue weighted by atomic mass is 16.5. The minimum atomic E-state index is -0.508. The molecule has 2 atom stereocenters. The van der Waals surface area contributed by atoms with Gasteiger partial charge in [0.25, 0.3) is 5.91 Å². The molecule has 1 heterocycles. The topological polar surface area (TPSA) is 77.1 Å². The Hall–Kier alpha value is -3.48. The second kappa shape index (κ2) is 9.35. The molecule has 2 aromatic carbocycles. The number of carbonyl (C=O) groups is 2. The van der Waals surface area contributed by atoms with Gasteiger partial charge >= 0.3 is 5.97 Å². The van der Waals surface area contributed by atoms with Crippen LogP contribution in [0.15, 0.2) is 60.3 Å². The predicted molar refractivity (Wildman–Crippen MR) is 114 cm³/mol. The number of β-lactam (4-membered cyclic amide) rings is 1. The van der Waals surface area contributed by atoms with Crippen molar-refractivity contribution in [2.75, 3.05) is 25.7 Å². The summed E-state index contributed by atoms with van der Waals surface area (Å²) in [7, 11) is 3.21. The smallest absolute Gasteiger partial charge is 0.332 e. The van der Waals surface area contributed by atoms with Crippen LogP contribution in [0.4, 0.5) is 5.69 Å². The van der Waals surface area contributed by atoms with Crippen molar-refractivity contribution < 1.29 is 23.8 Å². The molecule has 1 aliphatic heterocycles. The van der Waals surface area contributed by atoms with Crippen molar-refractivity contribution in [2.45, 2.75) is 25.9 Å². The lowest BCUT2D eigenvalue weighted by molar-refractivity contribution is -0.137. The van der Waals surface area contributed by atoms with Gasteiger partial charge in [-0.15, -0.1) is 0 Å². The van der Waals surface area contributed by atoms with Crippen molar-refractivity contribution in [3.63, 3.8) is 0 Å². The van der Waals surface area contributed by atoms with E-state index < -0.39 is 12.0 Å². The number of nitrogens with zero attached hydrogens (tertiary/aromatic N) is 1. The molecular formula is C23H26N2O5. The Bertz CT molecular complexity index is 922. The number of hydrogen-bond donors (Lipinski definition) is 1. The monoisotopic (exact) mass is 410 g/mol. The first-order chi connectivity index (χ1) is 14.5. The molecule has 0 unspecified atom stereocenters. The van der Waals surface area contributed by atoms with Gasteiger partial charge in [0.05, 0.1) is 26.9 Å². The van der Waals surface area contributed by atoms with Crippen molar-refractivity contribution in [1.29, 1.82) is 0 Å². The number of hydrogen-bond acceptors (Lipinski definition) is 6. The number of esters is 1. The van der Waals surface area contributed by atoms with E-state index in [9.17, 15) is 9.59 Å². The van der Waals surface area contributed by atoms with E-state index in [4.69, 9.17) is 14.2 Å². The largest absolute Gasteiger partial charge is 0.497 e. The molecule has 2 aromatic rings. The Morgan fingerprint density at radius 3 is 2.13 bits per heavy atom. The maximum absolute atomic E-state index is 13.0. The van der Waals surface area contributed by atoms with Gasteiger partial charge in [0.15, 0.2) is 0 Å². The molecule has 7 nitrogen and oxygen atoms in total. The molecule has 0 radical (unpaired) electrons. The number of anilines is 1. The molecule has 30 heavy (non-hydrogen) atoms. The summed E-state index contributed by atoms with van der Waals surface area (Å²) in [6, 6.07) is 14.2. The Balaban J connectivity index is 1.89. The number of amides is 1. The first-order valence-corrected chi connectivity index (χ1v) is 9.71. The van der Waals surface area contributed by atoms with Crippen LogP contribution < -0.4 is 19.7 Å². The van der Waals surface area contributed by atoms with Gasteiger partial charge in [-0.25, -0.2) is 4.79 Å². The second-order valence-electron chi connectivity index (χ2n) is 6.83. The number of nitrogens with one attached hydrogen (secondary N) is 1. The van der Waals surface area contributed by atoms with Crippen LogP contribution in [0, 0.1) is 0 Å². The summed E-state index contributed by atoms with van der Waals surface area (Å²) in [6.45, 7) is 3.78. The average molecular weight is 410 g/mol. The first-order valence-electron chi connectivity index (χ1n) is 9.71. The number of methoxy groups -OCH3 is 2. The quantitative estimate of drug-likeness (QED) is 0.409. The minimum Gasteiger partial charge on any atom is -0.497 e. The third-order valence-electron chi connectivity index (χ3n) is 4.91. The lowest BCUT2D eigenvalue weighted by Crippen LogP contribution is -2.64. The zero-order valence-corrected chi connectivity index (χ0v) is 17.5. The van der Waals surface area contributed by atoms with Crippen LogP contribution in [0.1, 0.15) is 25.5 Å². The summed E-state index contributed by atoms with van der Waals surface area (Å²) in [5.41, 5.74) is 2.29. The van der Waals surface area contributed by atoms with Gasteiger partial charge in [-0.1, -0.05) is 12.1 Å². The molecule has 0 bridgehead atoms. The Kier molecular flexibility index (Phi) is 6.61. The first kappa shape index (κ1) is 21.2. The fourth-order valence-corrected chi connectivity index (χ4v) is 3.45. The van der Waals surface area contributed by atoms with E-state index in [1.165, 1.54) is 6.08 Å². The molecule has 0 spiro atoms. The summed E-state index contributed by atoms with van der Waals surface area (Å²) in [5, 5.41) is 3.17. The number of allylic oxidation sites excluding steroid dienone is 1. The molecule has 1 aliphatic rings. The number of carbonyl (C=O) groups excluding carboxylic acids is 2. The van der Waals surface area contributed by atoms with E-state index in [1.54, 1.807) is 33.0 Å². The Labute approximate surface area is 176 Å². The number of benzene rings is 2. The Morgan fingerprint density at radius 2 is 1.60 bits per heavy atom. The third kappa shape index (κ3) is 4.40. The summed E-state index contributed by atoms with van der Waals surface area (Å²) >= 11 is 0. The van der Waals surface area contributed by atoms with E-state index in [1.807, 2.05) is 48.5 Å². The molecule has 0 aliphatic carbocycles. The van der Waals surface area contributed by atoms with Crippen LogP contribution >= 0.6 is 0 Å². The number of ether oxygens (including phenoxy) is 3. The van der Waals surface area contributed by atoms with Crippen molar-refractivity contribution in [3.8, 4) is 11.5 Å². The van der Waals surface area contributed by atoms with Gasteiger partial charge in [-0.2, -0.15) is 0 Å².